The van der Waals surface area contributed by atoms with Gasteiger partial charge in [-0.1, -0.05) is 6.07 Å². The summed E-state index contributed by atoms with van der Waals surface area (Å²) in [4.78, 5) is 19.6. The number of carboxylic acids is 1. The number of hydrogen-bond acceptors (Lipinski definition) is 4. The zero-order chi connectivity index (χ0) is 13.7. The maximum Gasteiger partial charge on any atom is 0.303 e. The minimum Gasteiger partial charge on any atom is -0.481 e. The van der Waals surface area contributed by atoms with Crippen LogP contribution < -0.4 is 4.90 Å². The zero-order valence-corrected chi connectivity index (χ0v) is 11.3. The molecule has 1 aromatic heterocycles. The molecule has 0 bridgehead atoms. The number of rotatable bonds is 5. The standard InChI is InChI=1S/C14H21N3O2/c1-12(5-6-14(18)19)16-8-10-17(11-9-16)13-4-2-3-7-15-13/h2-4,7,12H,5-6,8-11H2,1H3,(H,18,19). The molecule has 0 spiro atoms. The third-order valence-electron chi connectivity index (χ3n) is 3.69. The highest BCUT2D eigenvalue weighted by Crippen LogP contribution is 2.15. The van der Waals surface area contributed by atoms with E-state index in [0.29, 0.717) is 6.04 Å². The molecule has 19 heavy (non-hydrogen) atoms. The van der Waals surface area contributed by atoms with Gasteiger partial charge < -0.3 is 10.0 Å². The van der Waals surface area contributed by atoms with E-state index in [1.165, 1.54) is 0 Å². The van der Waals surface area contributed by atoms with Crippen molar-refractivity contribution in [2.75, 3.05) is 31.1 Å². The van der Waals surface area contributed by atoms with Gasteiger partial charge in [-0.15, -0.1) is 0 Å². The quantitative estimate of drug-likeness (QED) is 0.871. The number of hydrogen-bond donors (Lipinski definition) is 1. The molecule has 5 nitrogen and oxygen atoms in total. The van der Waals surface area contributed by atoms with Gasteiger partial charge in [-0.3, -0.25) is 9.69 Å². The van der Waals surface area contributed by atoms with Crippen LogP contribution in [0.3, 0.4) is 0 Å². The van der Waals surface area contributed by atoms with E-state index in [4.69, 9.17) is 5.11 Å². The molecule has 1 aliphatic rings. The van der Waals surface area contributed by atoms with Gasteiger partial charge in [0.15, 0.2) is 0 Å². The van der Waals surface area contributed by atoms with Gasteiger partial charge in [-0.05, 0) is 25.5 Å². The van der Waals surface area contributed by atoms with Crippen LogP contribution in [0.1, 0.15) is 19.8 Å². The molecule has 2 rings (SSSR count). The summed E-state index contributed by atoms with van der Waals surface area (Å²) in [6.07, 6.45) is 2.79. The van der Waals surface area contributed by atoms with E-state index in [1.54, 1.807) is 0 Å². The first-order chi connectivity index (χ1) is 9.16. The van der Waals surface area contributed by atoms with Crippen molar-refractivity contribution in [3.63, 3.8) is 0 Å². The smallest absolute Gasteiger partial charge is 0.303 e. The van der Waals surface area contributed by atoms with Crippen LogP contribution in [0.2, 0.25) is 0 Å². The van der Waals surface area contributed by atoms with Crippen molar-refractivity contribution in [2.24, 2.45) is 0 Å². The first-order valence-electron chi connectivity index (χ1n) is 6.78. The van der Waals surface area contributed by atoms with Crippen LogP contribution in [0.5, 0.6) is 0 Å². The predicted molar refractivity (Wildman–Crippen MR) is 74.4 cm³/mol. The summed E-state index contributed by atoms with van der Waals surface area (Å²) in [7, 11) is 0. The lowest BCUT2D eigenvalue weighted by atomic mass is 10.1. The Labute approximate surface area is 113 Å². The molecule has 1 atom stereocenters. The Kier molecular flexibility index (Phi) is 4.74. The highest BCUT2D eigenvalue weighted by Gasteiger charge is 2.21. The SMILES string of the molecule is CC(CCC(=O)O)N1CCN(c2ccccn2)CC1. The van der Waals surface area contributed by atoms with E-state index >= 15 is 0 Å². The lowest BCUT2D eigenvalue weighted by molar-refractivity contribution is -0.137. The molecule has 1 aromatic rings. The fourth-order valence-electron chi connectivity index (χ4n) is 2.45. The number of nitrogens with zero attached hydrogens (tertiary/aromatic N) is 3. The summed E-state index contributed by atoms with van der Waals surface area (Å²) < 4.78 is 0. The highest BCUT2D eigenvalue weighted by molar-refractivity contribution is 5.66. The van der Waals surface area contributed by atoms with Crippen LogP contribution in [0.25, 0.3) is 0 Å². The first-order valence-corrected chi connectivity index (χ1v) is 6.78. The topological polar surface area (TPSA) is 56.7 Å². The van der Waals surface area contributed by atoms with Gasteiger partial charge in [0, 0.05) is 44.8 Å². The van der Waals surface area contributed by atoms with E-state index < -0.39 is 5.97 Å². The van der Waals surface area contributed by atoms with Crippen molar-refractivity contribution in [1.29, 1.82) is 0 Å². The first kappa shape index (κ1) is 13.8. The van der Waals surface area contributed by atoms with Gasteiger partial charge in [-0.2, -0.15) is 0 Å². The Morgan fingerprint density at radius 3 is 2.68 bits per heavy atom. The number of carbonyl (C=O) groups is 1. The van der Waals surface area contributed by atoms with Gasteiger partial charge in [0.1, 0.15) is 5.82 Å². The number of pyridine rings is 1. The van der Waals surface area contributed by atoms with Crippen molar-refractivity contribution in [2.45, 2.75) is 25.8 Å². The molecule has 2 heterocycles. The summed E-state index contributed by atoms with van der Waals surface area (Å²) in [5.41, 5.74) is 0. The molecule has 0 radical (unpaired) electrons. The molecule has 0 saturated carbocycles. The zero-order valence-electron chi connectivity index (χ0n) is 11.3. The molecule has 0 aliphatic carbocycles. The molecule has 1 fully saturated rings. The fraction of sp³-hybridized carbons (Fsp3) is 0.571. The third kappa shape index (κ3) is 3.92. The fourth-order valence-corrected chi connectivity index (χ4v) is 2.45. The van der Waals surface area contributed by atoms with Crippen LogP contribution >= 0.6 is 0 Å². The summed E-state index contributed by atoms with van der Waals surface area (Å²) >= 11 is 0. The van der Waals surface area contributed by atoms with Crippen LogP contribution in [-0.4, -0.2) is 53.2 Å². The summed E-state index contributed by atoms with van der Waals surface area (Å²) in [6.45, 7) is 5.96. The van der Waals surface area contributed by atoms with E-state index in [9.17, 15) is 4.79 Å². The Hall–Kier alpha value is -1.62. The number of anilines is 1. The van der Waals surface area contributed by atoms with E-state index in [2.05, 4.69) is 21.7 Å². The second-order valence-corrected chi connectivity index (χ2v) is 4.99. The van der Waals surface area contributed by atoms with Crippen LogP contribution in [0.15, 0.2) is 24.4 Å². The van der Waals surface area contributed by atoms with E-state index in [0.717, 1.165) is 38.4 Å². The van der Waals surface area contributed by atoms with Gasteiger partial charge >= 0.3 is 5.97 Å². The number of carboxylic acid groups (broad SMARTS) is 1. The minimum atomic E-state index is -0.709. The van der Waals surface area contributed by atoms with Gasteiger partial charge in [0.2, 0.25) is 0 Å². The second kappa shape index (κ2) is 6.52. The van der Waals surface area contributed by atoms with Crippen molar-refractivity contribution < 1.29 is 9.90 Å². The van der Waals surface area contributed by atoms with Crippen molar-refractivity contribution in [3.8, 4) is 0 Å². The van der Waals surface area contributed by atoms with E-state index in [-0.39, 0.29) is 6.42 Å². The van der Waals surface area contributed by atoms with E-state index in [1.807, 2.05) is 24.4 Å². The maximum atomic E-state index is 10.6. The maximum absolute atomic E-state index is 10.6. The normalized spacial score (nSPS) is 18.3. The van der Waals surface area contributed by atoms with Crippen LogP contribution in [-0.2, 0) is 4.79 Å². The largest absolute Gasteiger partial charge is 0.481 e. The molecule has 1 unspecified atom stereocenters. The monoisotopic (exact) mass is 263 g/mol. The van der Waals surface area contributed by atoms with Crippen molar-refractivity contribution in [1.82, 2.24) is 9.88 Å². The number of piperazine rings is 1. The molecule has 0 aromatic carbocycles. The van der Waals surface area contributed by atoms with Gasteiger partial charge in [-0.25, -0.2) is 4.98 Å². The minimum absolute atomic E-state index is 0.252. The number of aliphatic carboxylic acids is 1. The van der Waals surface area contributed by atoms with Crippen molar-refractivity contribution in [3.05, 3.63) is 24.4 Å². The summed E-state index contributed by atoms with van der Waals surface area (Å²) in [5, 5.41) is 8.72. The Morgan fingerprint density at radius 2 is 2.11 bits per heavy atom. The lowest BCUT2D eigenvalue weighted by Crippen LogP contribution is -2.49. The molecule has 104 valence electrons. The molecule has 1 N–H and O–H groups in total. The van der Waals surface area contributed by atoms with Crippen molar-refractivity contribution >= 4 is 11.8 Å². The molecular weight excluding hydrogens is 242 g/mol. The summed E-state index contributed by atoms with van der Waals surface area (Å²) in [6, 6.07) is 6.29. The Balaban J connectivity index is 1.80. The molecule has 1 saturated heterocycles. The lowest BCUT2D eigenvalue weighted by Gasteiger charge is -2.38. The van der Waals surface area contributed by atoms with Gasteiger partial charge in [0.05, 0.1) is 0 Å². The Bertz CT molecular complexity index is 402. The highest BCUT2D eigenvalue weighted by atomic mass is 16.4. The molecule has 1 aliphatic heterocycles. The predicted octanol–water partition coefficient (Wildman–Crippen LogP) is 1.46. The number of aromatic nitrogens is 1. The average Bonchev–Trinajstić information content (AvgIpc) is 2.46. The van der Waals surface area contributed by atoms with Gasteiger partial charge in [0.25, 0.3) is 0 Å². The van der Waals surface area contributed by atoms with Crippen LogP contribution in [0, 0.1) is 0 Å². The molecule has 0 amide bonds. The average molecular weight is 263 g/mol. The summed E-state index contributed by atoms with van der Waals surface area (Å²) in [5.74, 6) is 0.319. The third-order valence-corrected chi connectivity index (χ3v) is 3.69. The van der Waals surface area contributed by atoms with Crippen LogP contribution in [0.4, 0.5) is 5.82 Å². The molecular formula is C14H21N3O2. The second-order valence-electron chi connectivity index (χ2n) is 4.99. The Morgan fingerprint density at radius 1 is 1.37 bits per heavy atom. The molecule has 5 heteroatoms.